The van der Waals surface area contributed by atoms with Gasteiger partial charge in [-0.3, -0.25) is 14.4 Å². The first kappa shape index (κ1) is 21.8. The summed E-state index contributed by atoms with van der Waals surface area (Å²) in [5.74, 6) is -0.649. The summed E-state index contributed by atoms with van der Waals surface area (Å²) in [5, 5.41) is 5.35. The number of rotatable bonds is 3. The second-order valence-corrected chi connectivity index (χ2v) is 9.06. The second kappa shape index (κ2) is 9.01. The molecule has 1 N–H and O–H groups in total. The zero-order valence-electron chi connectivity index (χ0n) is 16.0. The highest BCUT2D eigenvalue weighted by Crippen LogP contribution is 2.33. The number of anilines is 2. The Bertz CT molecular complexity index is 1210. The molecule has 1 aromatic heterocycles. The van der Waals surface area contributed by atoms with E-state index in [9.17, 15) is 14.4 Å². The first-order valence-electron chi connectivity index (χ1n) is 9.33. The molecule has 0 bridgehead atoms. The Morgan fingerprint density at radius 1 is 1.00 bits per heavy atom. The van der Waals surface area contributed by atoms with Crippen LogP contribution in [0.4, 0.5) is 11.4 Å². The third-order valence-corrected chi connectivity index (χ3v) is 6.66. The number of halogens is 3. The number of carbonyl (C=O) groups is 3. The molecule has 2 amide bonds. The van der Waals surface area contributed by atoms with Gasteiger partial charge >= 0.3 is 0 Å². The number of amides is 2. The minimum atomic E-state index is -0.448. The third kappa shape index (κ3) is 4.48. The van der Waals surface area contributed by atoms with Crippen LogP contribution in [0.15, 0.2) is 47.8 Å². The van der Waals surface area contributed by atoms with Crippen molar-refractivity contribution >= 4 is 75.1 Å². The first-order valence-corrected chi connectivity index (χ1v) is 11.3. The molecule has 2 aromatic carbocycles. The molecule has 0 atom stereocenters. The average Bonchev–Trinajstić information content (AvgIpc) is 3.16. The highest BCUT2D eigenvalue weighted by atomic mass is 35.5. The Morgan fingerprint density at radius 3 is 2.55 bits per heavy atom. The Balaban J connectivity index is 1.56. The lowest BCUT2D eigenvalue weighted by Gasteiger charge is -2.21. The minimum Gasteiger partial charge on any atom is -0.321 e. The lowest BCUT2D eigenvalue weighted by Crippen LogP contribution is -2.31. The largest absolute Gasteiger partial charge is 0.321 e. The predicted octanol–water partition coefficient (Wildman–Crippen LogP) is 6.58. The van der Waals surface area contributed by atoms with Crippen LogP contribution in [0.25, 0.3) is 0 Å². The molecule has 0 radical (unpaired) electrons. The van der Waals surface area contributed by atoms with Crippen molar-refractivity contribution < 1.29 is 14.4 Å². The van der Waals surface area contributed by atoms with Crippen LogP contribution >= 0.6 is 46.1 Å². The van der Waals surface area contributed by atoms with Gasteiger partial charge in [0, 0.05) is 23.6 Å². The third-order valence-electron chi connectivity index (χ3n) is 4.86. The van der Waals surface area contributed by atoms with Crippen molar-refractivity contribution in [2.75, 3.05) is 16.8 Å². The minimum absolute atomic E-state index is 0.0530. The maximum absolute atomic E-state index is 13.1. The summed E-state index contributed by atoms with van der Waals surface area (Å²) in [6, 6.07) is 11.0. The molecule has 0 saturated carbocycles. The van der Waals surface area contributed by atoms with Crippen LogP contribution in [0.2, 0.25) is 15.1 Å². The van der Waals surface area contributed by atoms with Crippen LogP contribution in [0.5, 0.6) is 0 Å². The number of nitrogens with one attached hydrogen (secondary N) is 1. The monoisotopic (exact) mass is 492 g/mol. The number of hydrogen-bond acceptors (Lipinski definition) is 4. The number of benzene rings is 2. The van der Waals surface area contributed by atoms with Crippen LogP contribution < -0.4 is 10.2 Å². The maximum atomic E-state index is 13.1. The van der Waals surface area contributed by atoms with Gasteiger partial charge in [-0.25, -0.2) is 0 Å². The molecule has 9 heteroatoms. The second-order valence-electron chi connectivity index (χ2n) is 6.89. The summed E-state index contributed by atoms with van der Waals surface area (Å²) in [6.07, 6.45) is 1.01. The molecule has 5 nitrogen and oxygen atoms in total. The highest BCUT2D eigenvalue weighted by Gasteiger charge is 2.27. The number of nitrogens with zero attached hydrogens (tertiary/aromatic N) is 1. The van der Waals surface area contributed by atoms with Crippen molar-refractivity contribution in [2.45, 2.75) is 12.8 Å². The summed E-state index contributed by atoms with van der Waals surface area (Å²) in [6.45, 7) is 0.444. The molecule has 0 saturated heterocycles. The summed E-state index contributed by atoms with van der Waals surface area (Å²) in [7, 11) is 0. The van der Waals surface area contributed by atoms with Gasteiger partial charge in [-0.2, -0.15) is 0 Å². The van der Waals surface area contributed by atoms with Gasteiger partial charge in [0.05, 0.1) is 31.9 Å². The lowest BCUT2D eigenvalue weighted by atomic mass is 10.1. The molecule has 0 spiro atoms. The van der Waals surface area contributed by atoms with Crippen LogP contribution in [0.1, 0.15) is 43.2 Å². The van der Waals surface area contributed by atoms with Gasteiger partial charge in [0.15, 0.2) is 5.78 Å². The van der Waals surface area contributed by atoms with Gasteiger partial charge in [-0.15, -0.1) is 11.3 Å². The van der Waals surface area contributed by atoms with E-state index in [2.05, 4.69) is 5.32 Å². The quantitative estimate of drug-likeness (QED) is 0.448. The number of ketones is 1. The van der Waals surface area contributed by atoms with E-state index in [0.29, 0.717) is 46.2 Å². The predicted molar refractivity (Wildman–Crippen MR) is 125 cm³/mol. The number of carbonyl (C=O) groups excluding carboxylic acids is 3. The van der Waals surface area contributed by atoms with Crippen molar-refractivity contribution in [3.8, 4) is 0 Å². The smallest absolute Gasteiger partial charge is 0.258 e. The molecule has 0 unspecified atom stereocenters. The number of thiophene rings is 1. The van der Waals surface area contributed by atoms with E-state index < -0.39 is 5.91 Å². The van der Waals surface area contributed by atoms with E-state index in [1.54, 1.807) is 29.2 Å². The summed E-state index contributed by atoms with van der Waals surface area (Å²) in [4.78, 5) is 40.1. The van der Waals surface area contributed by atoms with Crippen LogP contribution in [-0.2, 0) is 0 Å². The van der Waals surface area contributed by atoms with Crippen LogP contribution in [0.3, 0.4) is 0 Å². The van der Waals surface area contributed by atoms with E-state index in [0.717, 1.165) is 0 Å². The summed E-state index contributed by atoms with van der Waals surface area (Å²) >= 11 is 19.6. The van der Waals surface area contributed by atoms with E-state index in [1.807, 2.05) is 5.38 Å². The molecule has 1 aliphatic rings. The van der Waals surface area contributed by atoms with Crippen molar-refractivity contribution in [3.05, 3.63) is 78.9 Å². The fourth-order valence-electron chi connectivity index (χ4n) is 3.33. The van der Waals surface area contributed by atoms with Crippen LogP contribution in [0, 0.1) is 0 Å². The van der Waals surface area contributed by atoms with Crippen molar-refractivity contribution in [1.29, 1.82) is 0 Å². The number of hydrogen-bond donors (Lipinski definition) is 1. The molecule has 0 fully saturated rings. The van der Waals surface area contributed by atoms with Gasteiger partial charge in [0.2, 0.25) is 0 Å². The zero-order chi connectivity index (χ0) is 22.1. The average molecular weight is 494 g/mol. The summed E-state index contributed by atoms with van der Waals surface area (Å²) in [5.41, 5.74) is 1.58. The van der Waals surface area contributed by atoms with E-state index in [-0.39, 0.29) is 27.3 Å². The van der Waals surface area contributed by atoms with Crippen LogP contribution in [-0.4, -0.2) is 24.1 Å². The van der Waals surface area contributed by atoms with E-state index in [1.165, 1.54) is 29.5 Å². The van der Waals surface area contributed by atoms with Gasteiger partial charge < -0.3 is 10.2 Å². The highest BCUT2D eigenvalue weighted by molar-refractivity contribution is 7.12. The van der Waals surface area contributed by atoms with E-state index in [4.69, 9.17) is 34.8 Å². The molecule has 0 aliphatic carbocycles. The molecule has 3 aromatic rings. The van der Waals surface area contributed by atoms with Crippen molar-refractivity contribution in [2.24, 2.45) is 0 Å². The molecule has 2 heterocycles. The molecular formula is C22H15Cl3N2O3S. The molecular weight excluding hydrogens is 479 g/mol. The Kier molecular flexibility index (Phi) is 6.34. The van der Waals surface area contributed by atoms with E-state index >= 15 is 0 Å². The molecule has 158 valence electrons. The number of fused-ring (bicyclic) bond motifs is 1. The molecule has 4 rings (SSSR count). The zero-order valence-corrected chi connectivity index (χ0v) is 19.0. The fourth-order valence-corrected chi connectivity index (χ4v) is 4.92. The number of Topliss-reactive ketones (excluding diaryl/α,β-unsaturated/α-hetero) is 1. The first-order chi connectivity index (χ1) is 14.8. The van der Waals surface area contributed by atoms with Gasteiger partial charge in [-0.05, 0) is 54.3 Å². The topological polar surface area (TPSA) is 66.5 Å². The molecule has 1 aliphatic heterocycles. The van der Waals surface area contributed by atoms with Crippen molar-refractivity contribution in [1.82, 2.24) is 0 Å². The SMILES string of the molecule is O=C(Nc1ccc(C(=O)N2CCCC(=O)c3sccc32)cc1Cl)c1ccc(Cl)cc1Cl. The molecule has 31 heavy (non-hydrogen) atoms. The van der Waals surface area contributed by atoms with Gasteiger partial charge in [0.1, 0.15) is 0 Å². The van der Waals surface area contributed by atoms with Gasteiger partial charge in [-0.1, -0.05) is 34.8 Å². The van der Waals surface area contributed by atoms with Crippen molar-refractivity contribution in [3.63, 3.8) is 0 Å². The maximum Gasteiger partial charge on any atom is 0.258 e. The summed E-state index contributed by atoms with van der Waals surface area (Å²) < 4.78 is 0. The Morgan fingerprint density at radius 2 is 1.81 bits per heavy atom. The van der Waals surface area contributed by atoms with Gasteiger partial charge in [0.25, 0.3) is 11.8 Å². The Labute approximate surface area is 197 Å². The fraction of sp³-hybridized carbons (Fsp3) is 0.136. The normalized spacial score (nSPS) is 13.5. The lowest BCUT2D eigenvalue weighted by molar-refractivity contribution is 0.0975. The Hall–Kier alpha value is -2.38. The standard InChI is InChI=1S/C22H15Cl3N2O3S/c23-13-4-5-14(15(24)11-13)21(29)26-17-6-3-12(10-16(17)25)22(30)27-8-1-2-19(28)20-18(27)7-9-31-20/h3-7,9-11H,1-2,8H2,(H,26,29).